The number of nitrogens with one attached hydrogen (secondary N) is 2. The summed E-state index contributed by atoms with van der Waals surface area (Å²) in [4.78, 5) is 26.6. The fourth-order valence-corrected chi connectivity index (χ4v) is 2.79. The average Bonchev–Trinajstić information content (AvgIpc) is 3.10. The van der Waals surface area contributed by atoms with E-state index in [1.165, 1.54) is 0 Å². The molecule has 0 saturated heterocycles. The lowest BCUT2D eigenvalue weighted by atomic mass is 10.1. The topological polar surface area (TPSA) is 71.2 Å². The number of aromatic amines is 1. The molecule has 28 heavy (non-hydrogen) atoms. The van der Waals surface area contributed by atoms with Crippen molar-refractivity contribution in [1.82, 2.24) is 4.98 Å². The van der Waals surface area contributed by atoms with Gasteiger partial charge in [0.15, 0.2) is 24.1 Å². The summed E-state index contributed by atoms with van der Waals surface area (Å²) < 4.78 is 44.3. The van der Waals surface area contributed by atoms with E-state index in [-0.39, 0.29) is 6.42 Å². The molecule has 0 aliphatic carbocycles. The Labute approximate surface area is 158 Å². The Morgan fingerprint density at radius 3 is 2.64 bits per heavy atom. The molecule has 0 aliphatic heterocycles. The van der Waals surface area contributed by atoms with Crippen LogP contribution in [0.5, 0.6) is 0 Å². The van der Waals surface area contributed by atoms with Gasteiger partial charge in [-0.2, -0.15) is 0 Å². The predicted octanol–water partition coefficient (Wildman–Crippen LogP) is 4.09. The zero-order chi connectivity index (χ0) is 20.1. The molecule has 0 bridgehead atoms. The summed E-state index contributed by atoms with van der Waals surface area (Å²) in [5, 5.41) is 3.12. The molecule has 146 valence electrons. The van der Waals surface area contributed by atoms with Gasteiger partial charge in [0.25, 0.3) is 5.91 Å². The van der Waals surface area contributed by atoms with Crippen LogP contribution in [0.4, 0.5) is 18.9 Å². The van der Waals surface area contributed by atoms with Gasteiger partial charge in [0.1, 0.15) is 0 Å². The van der Waals surface area contributed by atoms with E-state index in [9.17, 15) is 22.8 Å². The molecule has 0 atom stereocenters. The number of amides is 1. The van der Waals surface area contributed by atoms with Crippen molar-refractivity contribution in [2.24, 2.45) is 0 Å². The number of fused-ring (bicyclic) bond motifs is 1. The van der Waals surface area contributed by atoms with Crippen LogP contribution in [-0.4, -0.2) is 23.5 Å². The SMILES string of the molecule is O=C(COC(=O)CCCc1c[nH]c2ccccc12)Nc1ccc(F)c(F)c1F. The summed E-state index contributed by atoms with van der Waals surface area (Å²) in [7, 11) is 0. The minimum Gasteiger partial charge on any atom is -0.456 e. The largest absolute Gasteiger partial charge is 0.456 e. The van der Waals surface area contributed by atoms with Crippen molar-refractivity contribution >= 4 is 28.5 Å². The monoisotopic (exact) mass is 390 g/mol. The molecule has 5 nitrogen and oxygen atoms in total. The highest BCUT2D eigenvalue weighted by atomic mass is 19.2. The van der Waals surface area contributed by atoms with E-state index in [4.69, 9.17) is 4.74 Å². The molecular weight excluding hydrogens is 373 g/mol. The van der Waals surface area contributed by atoms with Crippen LogP contribution in [0.25, 0.3) is 10.9 Å². The number of hydrogen-bond acceptors (Lipinski definition) is 3. The predicted molar refractivity (Wildman–Crippen MR) is 97.1 cm³/mol. The van der Waals surface area contributed by atoms with Crippen LogP contribution in [0.2, 0.25) is 0 Å². The van der Waals surface area contributed by atoms with Crippen LogP contribution in [0.1, 0.15) is 18.4 Å². The average molecular weight is 390 g/mol. The zero-order valence-corrected chi connectivity index (χ0v) is 14.7. The third-order valence-corrected chi connectivity index (χ3v) is 4.18. The van der Waals surface area contributed by atoms with Gasteiger partial charge in [-0.25, -0.2) is 13.2 Å². The van der Waals surface area contributed by atoms with Crippen LogP contribution in [-0.2, 0) is 20.7 Å². The second kappa shape index (κ2) is 8.60. The number of benzene rings is 2. The van der Waals surface area contributed by atoms with Gasteiger partial charge in [-0.05, 0) is 36.6 Å². The number of carbonyl (C=O) groups excluding carboxylic acids is 2. The summed E-state index contributed by atoms with van der Waals surface area (Å²) in [5.41, 5.74) is 1.57. The first-order valence-electron chi connectivity index (χ1n) is 8.59. The standard InChI is InChI=1S/C20H17F3N2O3/c21-14-8-9-16(20(23)19(14)22)25-17(26)11-28-18(27)7-3-4-12-10-24-15-6-2-1-5-13(12)15/h1-2,5-6,8-10,24H,3-4,7,11H2,(H,25,26). The first-order valence-corrected chi connectivity index (χ1v) is 8.59. The number of halogens is 3. The van der Waals surface area contributed by atoms with E-state index >= 15 is 0 Å². The van der Waals surface area contributed by atoms with Crippen molar-refractivity contribution in [3.8, 4) is 0 Å². The van der Waals surface area contributed by atoms with E-state index in [0.717, 1.165) is 22.5 Å². The molecule has 3 rings (SSSR count). The Bertz CT molecular complexity index is 1020. The number of H-pyrrole nitrogens is 1. The molecule has 2 aromatic carbocycles. The minimum atomic E-state index is -1.69. The van der Waals surface area contributed by atoms with E-state index < -0.39 is 41.6 Å². The van der Waals surface area contributed by atoms with Gasteiger partial charge >= 0.3 is 5.97 Å². The number of ether oxygens (including phenoxy) is 1. The maximum Gasteiger partial charge on any atom is 0.306 e. The highest BCUT2D eigenvalue weighted by molar-refractivity contribution is 5.92. The fourth-order valence-electron chi connectivity index (χ4n) is 2.79. The number of para-hydroxylation sites is 1. The smallest absolute Gasteiger partial charge is 0.306 e. The molecule has 1 heterocycles. The van der Waals surface area contributed by atoms with Gasteiger partial charge in [-0.3, -0.25) is 9.59 Å². The maximum atomic E-state index is 13.5. The highest BCUT2D eigenvalue weighted by Crippen LogP contribution is 2.20. The van der Waals surface area contributed by atoms with Gasteiger partial charge in [0.2, 0.25) is 0 Å². The van der Waals surface area contributed by atoms with Crippen molar-refractivity contribution in [2.75, 3.05) is 11.9 Å². The van der Waals surface area contributed by atoms with Crippen molar-refractivity contribution in [3.05, 3.63) is 65.6 Å². The summed E-state index contributed by atoms with van der Waals surface area (Å²) >= 11 is 0. The molecule has 3 aromatic rings. The number of hydrogen-bond donors (Lipinski definition) is 2. The molecule has 0 saturated carbocycles. The molecule has 1 aromatic heterocycles. The van der Waals surface area contributed by atoms with Crippen molar-refractivity contribution in [2.45, 2.75) is 19.3 Å². The molecule has 1 amide bonds. The Hall–Kier alpha value is -3.29. The van der Waals surface area contributed by atoms with Crippen molar-refractivity contribution in [3.63, 3.8) is 0 Å². The number of aryl methyl sites for hydroxylation is 1. The zero-order valence-electron chi connectivity index (χ0n) is 14.7. The number of esters is 1. The van der Waals surface area contributed by atoms with Crippen LogP contribution in [0.15, 0.2) is 42.6 Å². The molecule has 0 unspecified atom stereocenters. The van der Waals surface area contributed by atoms with Gasteiger partial charge in [0.05, 0.1) is 5.69 Å². The number of carbonyl (C=O) groups is 2. The molecule has 0 aliphatic rings. The van der Waals surface area contributed by atoms with Gasteiger partial charge in [-0.1, -0.05) is 18.2 Å². The second-order valence-corrected chi connectivity index (χ2v) is 6.14. The molecule has 8 heteroatoms. The van der Waals surface area contributed by atoms with E-state index in [1.54, 1.807) is 0 Å². The Morgan fingerprint density at radius 2 is 1.82 bits per heavy atom. The molecule has 0 spiro atoms. The lowest BCUT2D eigenvalue weighted by Gasteiger charge is -2.08. The van der Waals surface area contributed by atoms with Crippen LogP contribution in [0, 0.1) is 17.5 Å². The summed E-state index contributed by atoms with van der Waals surface area (Å²) in [5.74, 6) is -6.00. The quantitative estimate of drug-likeness (QED) is 0.472. The van der Waals surface area contributed by atoms with Crippen LogP contribution < -0.4 is 5.32 Å². The third-order valence-electron chi connectivity index (χ3n) is 4.18. The fraction of sp³-hybridized carbons (Fsp3) is 0.200. The Kier molecular flexibility index (Phi) is 5.98. The van der Waals surface area contributed by atoms with Crippen LogP contribution >= 0.6 is 0 Å². The second-order valence-electron chi connectivity index (χ2n) is 6.14. The molecular formula is C20H17F3N2O3. The highest BCUT2D eigenvalue weighted by Gasteiger charge is 2.16. The van der Waals surface area contributed by atoms with Crippen molar-refractivity contribution in [1.29, 1.82) is 0 Å². The lowest BCUT2D eigenvalue weighted by Crippen LogP contribution is -2.21. The Morgan fingerprint density at radius 1 is 1.04 bits per heavy atom. The summed E-state index contributed by atoms with van der Waals surface area (Å²) in [6.07, 6.45) is 3.18. The van der Waals surface area contributed by atoms with Gasteiger partial charge in [-0.15, -0.1) is 0 Å². The summed E-state index contributed by atoms with van der Waals surface area (Å²) in [6, 6.07) is 9.38. The van der Waals surface area contributed by atoms with E-state index in [0.29, 0.717) is 18.9 Å². The van der Waals surface area contributed by atoms with E-state index in [1.807, 2.05) is 35.8 Å². The third kappa shape index (κ3) is 4.51. The van der Waals surface area contributed by atoms with Gasteiger partial charge < -0.3 is 15.0 Å². The first kappa shape index (κ1) is 19.5. The van der Waals surface area contributed by atoms with Crippen molar-refractivity contribution < 1.29 is 27.5 Å². The number of anilines is 1. The molecule has 0 fully saturated rings. The summed E-state index contributed by atoms with van der Waals surface area (Å²) in [6.45, 7) is -0.648. The Balaban J connectivity index is 1.43. The first-order chi connectivity index (χ1) is 13.5. The van der Waals surface area contributed by atoms with Crippen LogP contribution in [0.3, 0.4) is 0 Å². The lowest BCUT2D eigenvalue weighted by molar-refractivity contribution is -0.147. The maximum absolute atomic E-state index is 13.5. The van der Waals surface area contributed by atoms with Gasteiger partial charge in [0, 0.05) is 23.5 Å². The molecule has 2 N–H and O–H groups in total. The molecule has 0 radical (unpaired) electrons. The number of rotatable bonds is 7. The number of aromatic nitrogens is 1. The van der Waals surface area contributed by atoms with E-state index in [2.05, 4.69) is 4.98 Å². The minimum absolute atomic E-state index is 0.103. The normalized spacial score (nSPS) is 10.8.